The van der Waals surface area contributed by atoms with Crippen molar-refractivity contribution in [2.24, 2.45) is 5.92 Å². The van der Waals surface area contributed by atoms with Crippen LogP contribution in [0.2, 0.25) is 0 Å². The molecule has 3 heteroatoms. The predicted molar refractivity (Wildman–Crippen MR) is 73.4 cm³/mol. The minimum absolute atomic E-state index is 0.372. The van der Waals surface area contributed by atoms with Crippen LogP contribution in [0.5, 0.6) is 0 Å². The number of likely N-dealkylation sites (N-methyl/N-ethyl adjacent to an activating group) is 1. The third-order valence-electron chi connectivity index (χ3n) is 4.33. The summed E-state index contributed by atoms with van der Waals surface area (Å²) in [5, 5.41) is 0. The van der Waals surface area contributed by atoms with E-state index < -0.39 is 0 Å². The molecule has 2 aliphatic rings. The van der Waals surface area contributed by atoms with Crippen molar-refractivity contribution < 1.29 is 0 Å². The van der Waals surface area contributed by atoms with Crippen LogP contribution in [0, 0.1) is 5.92 Å². The van der Waals surface area contributed by atoms with Gasteiger partial charge in [-0.05, 0) is 33.2 Å². The van der Waals surface area contributed by atoms with Gasteiger partial charge in [0, 0.05) is 51.4 Å². The minimum atomic E-state index is 0.372. The van der Waals surface area contributed by atoms with Gasteiger partial charge in [0.1, 0.15) is 0 Å². The van der Waals surface area contributed by atoms with Crippen LogP contribution in [0.15, 0.2) is 0 Å². The Morgan fingerprint density at radius 1 is 0.941 bits per heavy atom. The average molecular weight is 239 g/mol. The van der Waals surface area contributed by atoms with Crippen molar-refractivity contribution in [3.63, 3.8) is 0 Å². The van der Waals surface area contributed by atoms with Gasteiger partial charge in [0.2, 0.25) is 0 Å². The molecule has 2 heterocycles. The largest absolute Gasteiger partial charge is 0.301 e. The van der Waals surface area contributed by atoms with E-state index in [1.807, 2.05) is 0 Å². The molecule has 100 valence electrons. The molecule has 0 bridgehead atoms. The number of hydrogen-bond donors (Lipinski definition) is 0. The summed E-state index contributed by atoms with van der Waals surface area (Å²) in [7, 11) is 0. The lowest BCUT2D eigenvalue weighted by Crippen LogP contribution is -2.59. The van der Waals surface area contributed by atoms with E-state index in [-0.39, 0.29) is 0 Å². The molecule has 0 radical (unpaired) electrons. The van der Waals surface area contributed by atoms with Gasteiger partial charge < -0.3 is 9.80 Å². The quantitative estimate of drug-likeness (QED) is 0.736. The molecule has 0 saturated carbocycles. The summed E-state index contributed by atoms with van der Waals surface area (Å²) in [6, 6.07) is 0. The Hall–Kier alpha value is -0.120. The Labute approximate surface area is 107 Å². The molecule has 2 saturated heterocycles. The highest BCUT2D eigenvalue weighted by atomic mass is 15.3. The Bertz CT molecular complexity index is 232. The maximum absolute atomic E-state index is 2.66. The predicted octanol–water partition coefficient (Wildman–Crippen LogP) is 1.35. The average Bonchev–Trinajstić information content (AvgIpc) is 2.22. The maximum Gasteiger partial charge on any atom is 0.0125 e. The van der Waals surface area contributed by atoms with E-state index in [0.717, 1.165) is 5.92 Å². The molecule has 0 aromatic heterocycles. The van der Waals surface area contributed by atoms with E-state index in [0.29, 0.717) is 5.54 Å². The van der Waals surface area contributed by atoms with Crippen molar-refractivity contribution in [1.82, 2.24) is 14.7 Å². The second-order valence-corrected chi connectivity index (χ2v) is 6.68. The summed E-state index contributed by atoms with van der Waals surface area (Å²) in [4.78, 5) is 7.81. The summed E-state index contributed by atoms with van der Waals surface area (Å²) in [5.74, 6) is 0.919. The summed E-state index contributed by atoms with van der Waals surface area (Å²) in [6.45, 7) is 19.5. The van der Waals surface area contributed by atoms with Crippen LogP contribution in [-0.4, -0.2) is 72.6 Å². The van der Waals surface area contributed by atoms with Crippen LogP contribution in [0.25, 0.3) is 0 Å². The van der Waals surface area contributed by atoms with Crippen LogP contribution in [0.4, 0.5) is 0 Å². The standard InChI is InChI=1S/C14H29N3/c1-5-15-6-8-16(9-7-15)10-13-11-17(12-13)14(2,3)4/h13H,5-12H2,1-4H3. The normalized spacial score (nSPS) is 26.1. The highest BCUT2D eigenvalue weighted by molar-refractivity contribution is 4.90. The van der Waals surface area contributed by atoms with E-state index in [9.17, 15) is 0 Å². The summed E-state index contributed by atoms with van der Waals surface area (Å²) < 4.78 is 0. The number of rotatable bonds is 3. The molecule has 17 heavy (non-hydrogen) atoms. The lowest BCUT2D eigenvalue weighted by Gasteiger charge is -2.49. The molecule has 0 unspecified atom stereocenters. The van der Waals surface area contributed by atoms with Crippen molar-refractivity contribution >= 4 is 0 Å². The molecule has 3 nitrogen and oxygen atoms in total. The van der Waals surface area contributed by atoms with Crippen LogP contribution in [0.3, 0.4) is 0 Å². The summed E-state index contributed by atoms with van der Waals surface area (Å²) >= 11 is 0. The minimum Gasteiger partial charge on any atom is -0.301 e. The van der Waals surface area contributed by atoms with Gasteiger partial charge in [-0.1, -0.05) is 6.92 Å². The fraction of sp³-hybridized carbons (Fsp3) is 1.00. The van der Waals surface area contributed by atoms with E-state index >= 15 is 0 Å². The van der Waals surface area contributed by atoms with E-state index in [1.54, 1.807) is 0 Å². The number of nitrogens with zero attached hydrogens (tertiary/aromatic N) is 3. The number of hydrogen-bond acceptors (Lipinski definition) is 3. The fourth-order valence-corrected chi connectivity index (χ4v) is 2.89. The topological polar surface area (TPSA) is 9.72 Å². The Kier molecular flexibility index (Phi) is 4.11. The van der Waals surface area contributed by atoms with Crippen molar-refractivity contribution in [2.75, 3.05) is 52.4 Å². The van der Waals surface area contributed by atoms with Crippen molar-refractivity contribution in [3.8, 4) is 0 Å². The molecule has 2 rings (SSSR count). The highest BCUT2D eigenvalue weighted by Gasteiger charge is 2.35. The van der Waals surface area contributed by atoms with Gasteiger partial charge in [-0.3, -0.25) is 4.90 Å². The molecule has 0 spiro atoms. The Balaban J connectivity index is 1.64. The molecule has 2 fully saturated rings. The van der Waals surface area contributed by atoms with Gasteiger partial charge in [0.15, 0.2) is 0 Å². The second-order valence-electron chi connectivity index (χ2n) is 6.68. The first-order valence-corrected chi connectivity index (χ1v) is 7.19. The molecule has 0 atom stereocenters. The first-order chi connectivity index (χ1) is 7.99. The molecule has 0 aliphatic carbocycles. The monoisotopic (exact) mass is 239 g/mol. The van der Waals surface area contributed by atoms with Crippen LogP contribution >= 0.6 is 0 Å². The summed E-state index contributed by atoms with van der Waals surface area (Å²) in [6.07, 6.45) is 0. The van der Waals surface area contributed by atoms with Crippen molar-refractivity contribution in [1.29, 1.82) is 0 Å². The van der Waals surface area contributed by atoms with Crippen LogP contribution in [0.1, 0.15) is 27.7 Å². The zero-order valence-electron chi connectivity index (χ0n) is 12.1. The van der Waals surface area contributed by atoms with Gasteiger partial charge in [-0.2, -0.15) is 0 Å². The number of piperazine rings is 1. The lowest BCUT2D eigenvalue weighted by molar-refractivity contribution is -0.00842. The first kappa shape index (κ1) is 13.3. The van der Waals surface area contributed by atoms with E-state index in [2.05, 4.69) is 42.4 Å². The molecule has 0 aromatic carbocycles. The van der Waals surface area contributed by atoms with Crippen molar-refractivity contribution in [3.05, 3.63) is 0 Å². The third kappa shape index (κ3) is 3.43. The van der Waals surface area contributed by atoms with Gasteiger partial charge in [0.25, 0.3) is 0 Å². The second kappa shape index (κ2) is 5.25. The lowest BCUT2D eigenvalue weighted by atomic mass is 9.92. The first-order valence-electron chi connectivity index (χ1n) is 7.19. The Morgan fingerprint density at radius 3 is 1.94 bits per heavy atom. The van der Waals surface area contributed by atoms with E-state index in [1.165, 1.54) is 52.4 Å². The maximum atomic E-state index is 2.66. The van der Waals surface area contributed by atoms with Gasteiger partial charge in [-0.15, -0.1) is 0 Å². The molecular weight excluding hydrogens is 210 g/mol. The Morgan fingerprint density at radius 2 is 1.47 bits per heavy atom. The molecule has 0 amide bonds. The molecule has 0 aromatic rings. The molecule has 2 aliphatic heterocycles. The SMILES string of the molecule is CCN1CCN(CC2CN(C(C)(C)C)C2)CC1. The van der Waals surface area contributed by atoms with E-state index in [4.69, 9.17) is 0 Å². The van der Waals surface area contributed by atoms with Gasteiger partial charge in [0.05, 0.1) is 0 Å². The molecule has 0 N–H and O–H groups in total. The third-order valence-corrected chi connectivity index (χ3v) is 4.33. The smallest absolute Gasteiger partial charge is 0.0125 e. The highest BCUT2D eigenvalue weighted by Crippen LogP contribution is 2.25. The van der Waals surface area contributed by atoms with Crippen LogP contribution in [-0.2, 0) is 0 Å². The zero-order chi connectivity index (χ0) is 12.5. The van der Waals surface area contributed by atoms with Crippen molar-refractivity contribution in [2.45, 2.75) is 33.2 Å². The summed E-state index contributed by atoms with van der Waals surface area (Å²) in [5.41, 5.74) is 0.372. The van der Waals surface area contributed by atoms with Gasteiger partial charge >= 0.3 is 0 Å². The van der Waals surface area contributed by atoms with Crippen LogP contribution < -0.4 is 0 Å². The van der Waals surface area contributed by atoms with Gasteiger partial charge in [-0.25, -0.2) is 0 Å². The fourth-order valence-electron chi connectivity index (χ4n) is 2.89. The zero-order valence-corrected chi connectivity index (χ0v) is 12.1. The number of likely N-dealkylation sites (tertiary alicyclic amines) is 1. The molecular formula is C14H29N3.